The van der Waals surface area contributed by atoms with Crippen molar-refractivity contribution < 1.29 is 23.5 Å². The standard InChI is InChI=1S/C17H23NO5/c1-3-4-9-22-16(19)13-7-5-12(6-8-13)10-15-18-14(11-23-15)17(20)21-2/h10-11,13H,3-9H2,1-2H3. The van der Waals surface area contributed by atoms with Gasteiger partial charge in [-0.1, -0.05) is 18.9 Å². The van der Waals surface area contributed by atoms with Gasteiger partial charge < -0.3 is 13.9 Å². The molecule has 23 heavy (non-hydrogen) atoms. The molecule has 0 amide bonds. The lowest BCUT2D eigenvalue weighted by Crippen LogP contribution is -2.21. The molecule has 0 unspecified atom stereocenters. The van der Waals surface area contributed by atoms with E-state index >= 15 is 0 Å². The fraction of sp³-hybridized carbons (Fsp3) is 0.588. The number of carbonyl (C=O) groups is 2. The number of carbonyl (C=O) groups excluding carboxylic acids is 2. The van der Waals surface area contributed by atoms with Gasteiger partial charge in [0.25, 0.3) is 0 Å². The second-order valence-corrected chi connectivity index (χ2v) is 5.66. The third-order valence-corrected chi connectivity index (χ3v) is 3.95. The molecule has 0 saturated heterocycles. The van der Waals surface area contributed by atoms with Gasteiger partial charge >= 0.3 is 11.9 Å². The van der Waals surface area contributed by atoms with E-state index in [1.165, 1.54) is 18.9 Å². The lowest BCUT2D eigenvalue weighted by molar-refractivity contribution is -0.149. The first-order chi connectivity index (χ1) is 11.1. The first kappa shape index (κ1) is 17.2. The summed E-state index contributed by atoms with van der Waals surface area (Å²) in [5.41, 5.74) is 1.33. The number of allylic oxidation sites excluding steroid dienone is 1. The van der Waals surface area contributed by atoms with Crippen molar-refractivity contribution in [3.05, 3.63) is 23.4 Å². The Hall–Kier alpha value is -2.11. The fourth-order valence-corrected chi connectivity index (χ4v) is 2.53. The number of aromatic nitrogens is 1. The van der Waals surface area contributed by atoms with E-state index in [4.69, 9.17) is 9.15 Å². The number of unbranched alkanes of at least 4 members (excludes halogenated alkanes) is 1. The Balaban J connectivity index is 1.85. The zero-order valence-electron chi connectivity index (χ0n) is 13.7. The highest BCUT2D eigenvalue weighted by Crippen LogP contribution is 2.30. The van der Waals surface area contributed by atoms with Crippen LogP contribution < -0.4 is 0 Å². The minimum atomic E-state index is -0.517. The van der Waals surface area contributed by atoms with Crippen molar-refractivity contribution in [1.29, 1.82) is 0 Å². The highest BCUT2D eigenvalue weighted by molar-refractivity contribution is 5.86. The number of hydrogen-bond acceptors (Lipinski definition) is 6. The van der Waals surface area contributed by atoms with Gasteiger partial charge in [0.2, 0.25) is 5.89 Å². The molecule has 126 valence electrons. The molecule has 1 aromatic heterocycles. The van der Waals surface area contributed by atoms with Crippen LogP contribution in [0.15, 0.2) is 16.3 Å². The molecule has 1 fully saturated rings. The van der Waals surface area contributed by atoms with Crippen LogP contribution in [-0.4, -0.2) is 30.6 Å². The molecule has 1 heterocycles. The van der Waals surface area contributed by atoms with E-state index in [0.29, 0.717) is 12.5 Å². The fourth-order valence-electron chi connectivity index (χ4n) is 2.53. The summed E-state index contributed by atoms with van der Waals surface area (Å²) in [5.74, 6) is -0.220. The monoisotopic (exact) mass is 321 g/mol. The van der Waals surface area contributed by atoms with Gasteiger partial charge in [0, 0.05) is 0 Å². The van der Waals surface area contributed by atoms with Crippen LogP contribution in [0.25, 0.3) is 6.08 Å². The molecular formula is C17H23NO5. The summed E-state index contributed by atoms with van der Waals surface area (Å²) >= 11 is 0. The third kappa shape index (κ3) is 4.94. The zero-order chi connectivity index (χ0) is 16.7. The molecule has 0 bridgehead atoms. The lowest BCUT2D eigenvalue weighted by atomic mass is 9.85. The molecule has 0 aliphatic heterocycles. The van der Waals surface area contributed by atoms with Crippen LogP contribution in [0.1, 0.15) is 61.8 Å². The van der Waals surface area contributed by atoms with Crippen molar-refractivity contribution in [1.82, 2.24) is 4.98 Å². The summed E-state index contributed by atoms with van der Waals surface area (Å²) in [6.45, 7) is 2.58. The molecule has 1 aliphatic rings. The number of esters is 2. The van der Waals surface area contributed by atoms with E-state index < -0.39 is 5.97 Å². The Bertz CT molecular complexity index is 565. The van der Waals surface area contributed by atoms with Crippen molar-refractivity contribution in [3.8, 4) is 0 Å². The Morgan fingerprint density at radius 1 is 1.39 bits per heavy atom. The third-order valence-electron chi connectivity index (χ3n) is 3.95. The van der Waals surface area contributed by atoms with Gasteiger partial charge in [-0.15, -0.1) is 0 Å². The molecular weight excluding hydrogens is 298 g/mol. The second-order valence-electron chi connectivity index (χ2n) is 5.66. The van der Waals surface area contributed by atoms with E-state index in [9.17, 15) is 9.59 Å². The molecule has 0 N–H and O–H groups in total. The van der Waals surface area contributed by atoms with Crippen LogP contribution in [0.3, 0.4) is 0 Å². The van der Waals surface area contributed by atoms with E-state index in [2.05, 4.69) is 16.6 Å². The van der Waals surface area contributed by atoms with Gasteiger partial charge in [-0.3, -0.25) is 4.79 Å². The SMILES string of the molecule is CCCCOC(=O)C1CCC(=Cc2nc(C(=O)OC)co2)CC1. The maximum Gasteiger partial charge on any atom is 0.360 e. The summed E-state index contributed by atoms with van der Waals surface area (Å²) in [7, 11) is 1.30. The number of ether oxygens (including phenoxy) is 2. The summed E-state index contributed by atoms with van der Waals surface area (Å²) in [6, 6.07) is 0. The first-order valence-electron chi connectivity index (χ1n) is 8.04. The van der Waals surface area contributed by atoms with Crippen LogP contribution in [-0.2, 0) is 14.3 Å². The number of hydrogen-bond donors (Lipinski definition) is 0. The Labute approximate surface area is 135 Å². The number of rotatable bonds is 6. The van der Waals surface area contributed by atoms with Crippen LogP contribution in [0, 0.1) is 5.92 Å². The molecule has 0 spiro atoms. The second kappa shape index (κ2) is 8.50. The highest BCUT2D eigenvalue weighted by Gasteiger charge is 2.24. The van der Waals surface area contributed by atoms with Gasteiger partial charge in [-0.05, 0) is 38.2 Å². The summed E-state index contributed by atoms with van der Waals surface area (Å²) < 4.78 is 15.1. The molecule has 0 atom stereocenters. The molecule has 1 aromatic rings. The number of methoxy groups -OCH3 is 1. The van der Waals surface area contributed by atoms with Gasteiger partial charge in [0.1, 0.15) is 6.26 Å². The minimum Gasteiger partial charge on any atom is -0.465 e. The summed E-state index contributed by atoms with van der Waals surface area (Å²) in [5, 5.41) is 0. The van der Waals surface area contributed by atoms with E-state index in [1.54, 1.807) is 0 Å². The maximum absolute atomic E-state index is 11.9. The van der Waals surface area contributed by atoms with Crippen LogP contribution in [0.2, 0.25) is 0 Å². The largest absolute Gasteiger partial charge is 0.465 e. The van der Waals surface area contributed by atoms with E-state index in [-0.39, 0.29) is 17.6 Å². The molecule has 6 nitrogen and oxygen atoms in total. The molecule has 1 aliphatic carbocycles. The van der Waals surface area contributed by atoms with Gasteiger partial charge in [-0.25, -0.2) is 9.78 Å². The maximum atomic E-state index is 11.9. The van der Waals surface area contributed by atoms with E-state index in [0.717, 1.165) is 38.5 Å². The normalized spacial score (nSPS) is 17.7. The van der Waals surface area contributed by atoms with Crippen LogP contribution in [0.4, 0.5) is 0 Å². The number of oxazole rings is 1. The lowest BCUT2D eigenvalue weighted by Gasteiger charge is -2.22. The van der Waals surface area contributed by atoms with Crippen LogP contribution in [0.5, 0.6) is 0 Å². The topological polar surface area (TPSA) is 78.6 Å². The van der Waals surface area contributed by atoms with Crippen molar-refractivity contribution >= 4 is 18.0 Å². The van der Waals surface area contributed by atoms with Crippen molar-refractivity contribution in [2.45, 2.75) is 45.4 Å². The Morgan fingerprint density at radius 3 is 2.78 bits per heavy atom. The molecule has 0 aromatic carbocycles. The Morgan fingerprint density at radius 2 is 2.13 bits per heavy atom. The Kier molecular flexibility index (Phi) is 6.38. The quantitative estimate of drug-likeness (QED) is 0.590. The molecule has 0 radical (unpaired) electrons. The highest BCUT2D eigenvalue weighted by atomic mass is 16.5. The van der Waals surface area contributed by atoms with Gasteiger partial charge in [0.05, 0.1) is 19.6 Å². The summed E-state index contributed by atoms with van der Waals surface area (Å²) in [6.07, 6.45) is 8.24. The first-order valence-corrected chi connectivity index (χ1v) is 8.04. The average molecular weight is 321 g/mol. The van der Waals surface area contributed by atoms with Gasteiger partial charge in [0.15, 0.2) is 5.69 Å². The van der Waals surface area contributed by atoms with Crippen LogP contribution >= 0.6 is 0 Å². The van der Waals surface area contributed by atoms with Gasteiger partial charge in [-0.2, -0.15) is 0 Å². The average Bonchev–Trinajstić information content (AvgIpc) is 3.03. The van der Waals surface area contributed by atoms with E-state index in [1.807, 2.05) is 6.08 Å². The molecule has 2 rings (SSSR count). The van der Waals surface area contributed by atoms with Crippen molar-refractivity contribution in [2.75, 3.05) is 13.7 Å². The zero-order valence-corrected chi connectivity index (χ0v) is 13.7. The predicted octanol–water partition coefficient (Wildman–Crippen LogP) is 3.38. The minimum absolute atomic E-state index is 0.0146. The van der Waals surface area contributed by atoms with Crippen molar-refractivity contribution in [3.63, 3.8) is 0 Å². The smallest absolute Gasteiger partial charge is 0.360 e. The van der Waals surface area contributed by atoms with Crippen molar-refractivity contribution in [2.24, 2.45) is 5.92 Å². The molecule has 1 saturated carbocycles. The predicted molar refractivity (Wildman–Crippen MR) is 83.6 cm³/mol. The summed E-state index contributed by atoms with van der Waals surface area (Å²) in [4.78, 5) is 27.3. The molecule has 6 heteroatoms. The number of nitrogens with zero attached hydrogens (tertiary/aromatic N) is 1.